The highest BCUT2D eigenvalue weighted by Crippen LogP contribution is 2.22. The molecule has 7 heteroatoms. The van der Waals surface area contributed by atoms with Gasteiger partial charge in [-0.25, -0.2) is 8.78 Å². The van der Waals surface area contributed by atoms with Gasteiger partial charge in [0.05, 0.1) is 10.2 Å². The molecule has 4 nitrogen and oxygen atoms in total. The van der Waals surface area contributed by atoms with Gasteiger partial charge in [0.2, 0.25) is 0 Å². The number of nitrogens with zero attached hydrogens (tertiary/aromatic N) is 1. The van der Waals surface area contributed by atoms with E-state index in [0.717, 1.165) is 29.0 Å². The molecule has 0 aliphatic carbocycles. The SMILES string of the molecule is Cn1c(=O)sc2cc(NC(=O)c3c(F)cccc3F)ccc21. The van der Waals surface area contributed by atoms with Gasteiger partial charge in [0.1, 0.15) is 17.2 Å². The number of benzene rings is 2. The molecule has 0 spiro atoms. The second-order valence-corrected chi connectivity index (χ2v) is 5.65. The number of fused-ring (bicyclic) bond motifs is 1. The maximum atomic E-state index is 13.6. The number of hydrogen-bond donors (Lipinski definition) is 1. The van der Waals surface area contributed by atoms with Gasteiger partial charge in [0.25, 0.3) is 5.91 Å². The van der Waals surface area contributed by atoms with Gasteiger partial charge >= 0.3 is 4.87 Å². The Morgan fingerprint density at radius 1 is 1.18 bits per heavy atom. The summed E-state index contributed by atoms with van der Waals surface area (Å²) in [4.78, 5) is 23.5. The molecule has 0 aliphatic rings. The van der Waals surface area contributed by atoms with E-state index in [-0.39, 0.29) is 4.87 Å². The topological polar surface area (TPSA) is 51.1 Å². The standard InChI is InChI=1S/C15H10F2N2O2S/c1-19-11-6-5-8(7-12(11)22-15(19)21)18-14(20)13-9(16)3-2-4-10(13)17/h2-7H,1H3,(H,18,20). The zero-order valence-corrected chi connectivity index (χ0v) is 12.2. The number of rotatable bonds is 2. The predicted molar refractivity (Wildman–Crippen MR) is 81.4 cm³/mol. The Morgan fingerprint density at radius 3 is 2.55 bits per heavy atom. The third-order valence-corrected chi connectivity index (χ3v) is 4.24. The van der Waals surface area contributed by atoms with Gasteiger partial charge in [-0.2, -0.15) is 0 Å². The number of aryl methyl sites for hydroxylation is 1. The first-order valence-corrected chi connectivity index (χ1v) is 7.14. The van der Waals surface area contributed by atoms with Crippen LogP contribution in [-0.4, -0.2) is 10.5 Å². The van der Waals surface area contributed by atoms with Crippen LogP contribution in [-0.2, 0) is 7.05 Å². The molecule has 3 aromatic rings. The number of anilines is 1. The van der Waals surface area contributed by atoms with Gasteiger partial charge in [0, 0.05) is 12.7 Å². The highest BCUT2D eigenvalue weighted by molar-refractivity contribution is 7.16. The van der Waals surface area contributed by atoms with E-state index in [4.69, 9.17) is 0 Å². The lowest BCUT2D eigenvalue weighted by molar-refractivity contribution is 0.101. The molecule has 112 valence electrons. The normalized spacial score (nSPS) is 10.9. The molecule has 22 heavy (non-hydrogen) atoms. The number of aromatic nitrogens is 1. The minimum Gasteiger partial charge on any atom is -0.322 e. The number of halogens is 2. The molecule has 1 heterocycles. The van der Waals surface area contributed by atoms with Crippen LogP contribution in [0.4, 0.5) is 14.5 Å². The molecule has 2 aromatic carbocycles. The van der Waals surface area contributed by atoms with Crippen molar-refractivity contribution in [2.45, 2.75) is 0 Å². The van der Waals surface area contributed by atoms with Crippen LogP contribution in [0.3, 0.4) is 0 Å². The predicted octanol–water partition coefficient (Wildman–Crippen LogP) is 3.13. The highest BCUT2D eigenvalue weighted by Gasteiger charge is 2.17. The molecule has 0 atom stereocenters. The Kier molecular flexibility index (Phi) is 3.50. The van der Waals surface area contributed by atoms with Gasteiger partial charge in [-0.15, -0.1) is 0 Å². The van der Waals surface area contributed by atoms with Crippen LogP contribution < -0.4 is 10.2 Å². The molecule has 0 unspecified atom stereocenters. The summed E-state index contributed by atoms with van der Waals surface area (Å²) in [6, 6.07) is 8.06. The average Bonchev–Trinajstić information content (AvgIpc) is 2.73. The molecule has 0 radical (unpaired) electrons. The smallest absolute Gasteiger partial charge is 0.307 e. The molecular formula is C15H10F2N2O2S. The van der Waals surface area contributed by atoms with Crippen molar-refractivity contribution in [3.05, 3.63) is 63.3 Å². The van der Waals surface area contributed by atoms with Crippen LogP contribution in [0.25, 0.3) is 10.2 Å². The number of hydrogen-bond acceptors (Lipinski definition) is 3. The van der Waals surface area contributed by atoms with Crippen LogP contribution in [0.15, 0.2) is 41.2 Å². The van der Waals surface area contributed by atoms with E-state index in [9.17, 15) is 18.4 Å². The first-order chi connectivity index (χ1) is 10.5. The Hall–Kier alpha value is -2.54. The van der Waals surface area contributed by atoms with Crippen molar-refractivity contribution in [1.82, 2.24) is 4.57 Å². The number of thiazole rings is 1. The average molecular weight is 320 g/mol. The lowest BCUT2D eigenvalue weighted by Gasteiger charge is -2.07. The van der Waals surface area contributed by atoms with Crippen molar-refractivity contribution in [2.24, 2.45) is 7.05 Å². The number of carbonyl (C=O) groups excluding carboxylic acids is 1. The monoisotopic (exact) mass is 320 g/mol. The first-order valence-electron chi connectivity index (χ1n) is 6.32. The minimum atomic E-state index is -0.928. The van der Waals surface area contributed by atoms with E-state index in [0.29, 0.717) is 10.4 Å². The number of nitrogens with one attached hydrogen (secondary N) is 1. The molecule has 1 amide bonds. The number of carbonyl (C=O) groups is 1. The van der Waals surface area contributed by atoms with E-state index in [1.165, 1.54) is 10.6 Å². The van der Waals surface area contributed by atoms with Crippen LogP contribution in [0, 0.1) is 11.6 Å². The maximum absolute atomic E-state index is 13.6. The summed E-state index contributed by atoms with van der Waals surface area (Å²) >= 11 is 1.03. The Bertz CT molecular complexity index is 926. The fourth-order valence-corrected chi connectivity index (χ4v) is 3.04. The van der Waals surface area contributed by atoms with E-state index in [1.807, 2.05) is 0 Å². The lowest BCUT2D eigenvalue weighted by Crippen LogP contribution is -2.15. The molecular weight excluding hydrogens is 310 g/mol. The van der Waals surface area contributed by atoms with Crippen molar-refractivity contribution in [2.75, 3.05) is 5.32 Å². The molecule has 1 aromatic heterocycles. The van der Waals surface area contributed by atoms with Gasteiger partial charge in [-0.05, 0) is 30.3 Å². The molecule has 0 saturated heterocycles. The first kappa shape index (κ1) is 14.4. The summed E-state index contributed by atoms with van der Waals surface area (Å²) in [5.74, 6) is -2.73. The van der Waals surface area contributed by atoms with Crippen molar-refractivity contribution < 1.29 is 13.6 Å². The maximum Gasteiger partial charge on any atom is 0.307 e. The van der Waals surface area contributed by atoms with Crippen LogP contribution in [0.2, 0.25) is 0 Å². The van der Waals surface area contributed by atoms with E-state index in [2.05, 4.69) is 5.32 Å². The third-order valence-electron chi connectivity index (χ3n) is 3.24. The van der Waals surface area contributed by atoms with Gasteiger partial charge in [0.15, 0.2) is 0 Å². The van der Waals surface area contributed by atoms with Crippen molar-refractivity contribution >= 4 is 33.1 Å². The largest absolute Gasteiger partial charge is 0.322 e. The Balaban J connectivity index is 1.96. The minimum absolute atomic E-state index is 0.126. The summed E-state index contributed by atoms with van der Waals surface area (Å²) in [7, 11) is 1.65. The van der Waals surface area contributed by atoms with E-state index in [1.54, 1.807) is 25.2 Å². The number of amides is 1. The van der Waals surface area contributed by atoms with Crippen LogP contribution in [0.5, 0.6) is 0 Å². The summed E-state index contributed by atoms with van der Waals surface area (Å²) < 4.78 is 29.3. The fourth-order valence-electron chi connectivity index (χ4n) is 2.12. The lowest BCUT2D eigenvalue weighted by atomic mass is 10.1. The van der Waals surface area contributed by atoms with Crippen molar-refractivity contribution in [3.8, 4) is 0 Å². The zero-order valence-electron chi connectivity index (χ0n) is 11.4. The van der Waals surface area contributed by atoms with Gasteiger partial charge in [-0.1, -0.05) is 17.4 Å². The molecule has 0 saturated carbocycles. The summed E-state index contributed by atoms with van der Waals surface area (Å²) in [6.45, 7) is 0. The second-order valence-electron chi connectivity index (χ2n) is 4.66. The summed E-state index contributed by atoms with van der Waals surface area (Å²) in [5.41, 5.74) is 0.455. The second kappa shape index (κ2) is 5.34. The van der Waals surface area contributed by atoms with Crippen LogP contribution in [0.1, 0.15) is 10.4 Å². The summed E-state index contributed by atoms with van der Waals surface area (Å²) in [6.07, 6.45) is 0. The van der Waals surface area contributed by atoms with Crippen LogP contribution >= 0.6 is 11.3 Å². The van der Waals surface area contributed by atoms with E-state index >= 15 is 0 Å². The molecule has 1 N–H and O–H groups in total. The van der Waals surface area contributed by atoms with Gasteiger partial charge in [-0.3, -0.25) is 9.59 Å². The molecule has 0 aliphatic heterocycles. The van der Waals surface area contributed by atoms with Crippen molar-refractivity contribution in [3.63, 3.8) is 0 Å². The third kappa shape index (κ3) is 2.39. The Labute approximate surface area is 127 Å². The molecule has 3 rings (SSSR count). The highest BCUT2D eigenvalue weighted by atomic mass is 32.1. The Morgan fingerprint density at radius 2 is 1.86 bits per heavy atom. The van der Waals surface area contributed by atoms with Gasteiger partial charge < -0.3 is 9.88 Å². The van der Waals surface area contributed by atoms with E-state index < -0.39 is 23.1 Å². The summed E-state index contributed by atoms with van der Waals surface area (Å²) in [5, 5.41) is 2.44. The van der Waals surface area contributed by atoms with Crippen molar-refractivity contribution in [1.29, 1.82) is 0 Å². The molecule has 0 fully saturated rings. The zero-order chi connectivity index (χ0) is 15.9. The molecule has 0 bridgehead atoms. The quantitative estimate of drug-likeness (QED) is 0.789. The fraction of sp³-hybridized carbons (Fsp3) is 0.0667.